The van der Waals surface area contributed by atoms with Gasteiger partial charge in [-0.15, -0.1) is 0 Å². The molecule has 0 aromatic heterocycles. The summed E-state index contributed by atoms with van der Waals surface area (Å²) in [6.45, 7) is 0. The largest absolute Gasteiger partial charge is 0.0464 e. The molecule has 25 valence electrons. The Morgan fingerprint density at radius 1 is 1.25 bits per heavy atom. The summed E-state index contributed by atoms with van der Waals surface area (Å²) in [5.41, 5.74) is 0. The van der Waals surface area contributed by atoms with Gasteiger partial charge in [0.15, 0.2) is 0 Å². The van der Waals surface area contributed by atoms with E-state index in [-0.39, 0.29) is 48.2 Å². The van der Waals surface area contributed by atoms with Crippen LogP contribution < -0.4 is 0 Å². The third kappa shape index (κ3) is 8.92. The van der Waals surface area contributed by atoms with Crippen molar-refractivity contribution in [3.63, 3.8) is 0 Å². The number of hydrogen-bond acceptors (Lipinski definition) is 1. The van der Waals surface area contributed by atoms with E-state index >= 15 is 0 Å². The molecule has 0 unspecified atom stereocenters. The van der Waals surface area contributed by atoms with Gasteiger partial charge in [-0.05, 0) is 11.8 Å². The van der Waals surface area contributed by atoms with Crippen LogP contribution in [0.1, 0.15) is 0 Å². The second kappa shape index (κ2) is 19.3. The fraction of sp³-hybridized carbons (Fsp3) is 0. The molecule has 0 aliphatic heterocycles. The van der Waals surface area contributed by atoms with Crippen molar-refractivity contribution in [2.45, 2.75) is 0 Å². The molecule has 0 aliphatic rings. The Morgan fingerprint density at radius 3 is 1.25 bits per heavy atom. The second-order valence-corrected chi connectivity index (χ2v) is 0. The Bertz CT molecular complexity index is 8.00. The summed E-state index contributed by atoms with van der Waals surface area (Å²) in [5, 5.41) is 0. The molecule has 0 amide bonds. The van der Waals surface area contributed by atoms with Gasteiger partial charge in [0.25, 0.3) is 0 Å². The van der Waals surface area contributed by atoms with Crippen LogP contribution in [-0.4, -0.2) is 25.8 Å². The first-order valence-corrected chi connectivity index (χ1v) is 1.64. The van der Waals surface area contributed by atoms with Crippen LogP contribution in [0.25, 0.3) is 0 Å². The predicted molar refractivity (Wildman–Crippen MR) is 20.0 cm³/mol. The van der Waals surface area contributed by atoms with E-state index in [0.717, 1.165) is 0 Å². The molecule has 0 bridgehead atoms. The van der Waals surface area contributed by atoms with Crippen molar-refractivity contribution < 1.29 is 22.4 Å². The van der Waals surface area contributed by atoms with Crippen molar-refractivity contribution in [2.24, 2.45) is 0 Å². The minimum Gasteiger partial charge on any atom is -0.0464 e. The molecule has 0 heterocycles. The average molecular weight is 286 g/mol. The van der Waals surface area contributed by atoms with Gasteiger partial charge in [-0.3, -0.25) is 0 Å². The molecule has 0 nitrogen and oxygen atoms in total. The van der Waals surface area contributed by atoms with E-state index in [0.29, 0.717) is 0 Å². The summed E-state index contributed by atoms with van der Waals surface area (Å²) >= 11 is 3.78. The summed E-state index contributed by atoms with van der Waals surface area (Å²) < 4.78 is 0. The summed E-state index contributed by atoms with van der Waals surface area (Å²) in [4.78, 5) is 0. The molecule has 5 radical (unpaired) electrons. The number of hydrogen-bond donors (Lipinski definition) is 0. The summed E-state index contributed by atoms with van der Waals surface area (Å²) in [6, 6.07) is 0. The van der Waals surface area contributed by atoms with Gasteiger partial charge in [0.05, 0.1) is 0 Å². The van der Waals surface area contributed by atoms with Crippen LogP contribution >= 0.6 is 8.02 Å². The van der Waals surface area contributed by atoms with Crippen molar-refractivity contribution in [3.8, 4) is 0 Å². The zero-order valence-electron chi connectivity index (χ0n) is 1.73. The van der Waals surface area contributed by atoms with Crippen LogP contribution in [-0.2, 0) is 34.2 Å². The van der Waals surface area contributed by atoms with Crippen molar-refractivity contribution in [2.75, 3.05) is 0 Å². The molecule has 0 spiro atoms. The van der Waals surface area contributed by atoms with E-state index in [4.69, 9.17) is 0 Å². The van der Waals surface area contributed by atoms with Crippen molar-refractivity contribution in [3.05, 3.63) is 0 Å². The molecular weight excluding hydrogens is 286 g/mol. The first-order valence-electron chi connectivity index (χ1n) is 0.183. The van der Waals surface area contributed by atoms with Crippen LogP contribution in [0.4, 0.5) is 0 Å². The van der Waals surface area contributed by atoms with Gasteiger partial charge in [0, 0.05) is 56.2 Å². The van der Waals surface area contributed by atoms with Gasteiger partial charge in [0.2, 0.25) is 0 Å². The van der Waals surface area contributed by atoms with Crippen LogP contribution in [0, 0.1) is 0 Å². The van der Waals surface area contributed by atoms with Crippen molar-refractivity contribution in [1.29, 1.82) is 0 Å². The quantitative estimate of drug-likeness (QED) is 0.461. The molecule has 4 heteroatoms. The first kappa shape index (κ1) is 16.5. The monoisotopic (exact) mass is 285 g/mol. The van der Waals surface area contributed by atoms with Crippen LogP contribution in [0.2, 0.25) is 0 Å². The Morgan fingerprint density at radius 2 is 1.25 bits per heavy atom. The van der Waals surface area contributed by atoms with E-state index in [9.17, 15) is 0 Å². The topological polar surface area (TPSA) is 0 Å². The van der Waals surface area contributed by atoms with Crippen LogP contribution in [0.3, 0.4) is 0 Å². The third-order valence-corrected chi connectivity index (χ3v) is 0. The Kier molecular flexibility index (Phi) is 79.4. The van der Waals surface area contributed by atoms with E-state index in [2.05, 4.69) is 19.8 Å². The number of rotatable bonds is 0. The molecule has 0 aromatic rings. The molecule has 0 aromatic carbocycles. The van der Waals surface area contributed by atoms with E-state index in [1.54, 1.807) is 0 Å². The van der Waals surface area contributed by atoms with Crippen molar-refractivity contribution >= 4 is 45.7 Å². The standard InChI is InChI=1S/Ag.In.PS/c;;1-2. The van der Waals surface area contributed by atoms with E-state index < -0.39 is 0 Å². The predicted octanol–water partition coefficient (Wildman–Crippen LogP) is 0.475. The minimum atomic E-state index is 0. The average Bonchev–Trinajstić information content (AvgIpc) is 1.00. The molecule has 0 aliphatic carbocycles. The first-order chi connectivity index (χ1) is 1.00. The summed E-state index contributed by atoms with van der Waals surface area (Å²) in [7, 11) is 3.11. The molecule has 0 rings (SSSR count). The molecule has 0 atom stereocenters. The fourth-order valence-corrected chi connectivity index (χ4v) is 0. The maximum Gasteiger partial charge on any atom is 0.0464 e. The van der Waals surface area contributed by atoms with Crippen LogP contribution in [0.5, 0.6) is 0 Å². The molecular formula is AgInPS. The molecule has 0 saturated heterocycles. The summed E-state index contributed by atoms with van der Waals surface area (Å²) in [6.07, 6.45) is 0. The maximum absolute atomic E-state index is 3.78. The zero-order valence-corrected chi connectivity index (χ0v) is 8.22. The van der Waals surface area contributed by atoms with E-state index in [1.807, 2.05) is 0 Å². The van der Waals surface area contributed by atoms with Gasteiger partial charge in [-0.2, -0.15) is 0 Å². The second-order valence-electron chi connectivity index (χ2n) is 0. The van der Waals surface area contributed by atoms with Gasteiger partial charge in [-0.25, -0.2) is 0 Å². The SMILES string of the molecule is [Ag].[In].[P]=S. The molecule has 4 heavy (non-hydrogen) atoms. The molecule has 0 fully saturated rings. The van der Waals surface area contributed by atoms with Crippen LogP contribution in [0.15, 0.2) is 0 Å². The normalized spacial score (nSPS) is 1.00. The van der Waals surface area contributed by atoms with Gasteiger partial charge in [0.1, 0.15) is 0 Å². The minimum absolute atomic E-state index is 0. The fourth-order valence-electron chi connectivity index (χ4n) is 0. The molecule has 0 saturated carbocycles. The Hall–Kier alpha value is 2.13. The van der Waals surface area contributed by atoms with Gasteiger partial charge in [-0.1, -0.05) is 0 Å². The molecule has 0 N–H and O–H groups in total. The summed E-state index contributed by atoms with van der Waals surface area (Å²) in [5.74, 6) is 0. The Labute approximate surface area is 67.3 Å². The maximum atomic E-state index is 3.78. The Balaban J connectivity index is -0.00000000500. The third-order valence-electron chi connectivity index (χ3n) is 0. The smallest absolute Gasteiger partial charge is 0.0464 e. The van der Waals surface area contributed by atoms with Gasteiger partial charge >= 0.3 is 0 Å². The van der Waals surface area contributed by atoms with E-state index in [1.165, 1.54) is 0 Å². The van der Waals surface area contributed by atoms with Gasteiger partial charge < -0.3 is 0 Å². The zero-order chi connectivity index (χ0) is 2.00. The van der Waals surface area contributed by atoms with Crippen molar-refractivity contribution in [1.82, 2.24) is 0 Å².